The molecule has 1 aliphatic rings. The van der Waals surface area contributed by atoms with Crippen LogP contribution in [0.25, 0.3) is 0 Å². The van der Waals surface area contributed by atoms with Gasteiger partial charge in [0.05, 0.1) is 18.4 Å². The van der Waals surface area contributed by atoms with E-state index >= 15 is 0 Å². The molecular formula is C12H19N3O2. The lowest BCUT2D eigenvalue weighted by Crippen LogP contribution is -2.46. The highest BCUT2D eigenvalue weighted by atomic mass is 16.4. The summed E-state index contributed by atoms with van der Waals surface area (Å²) in [6.45, 7) is 5.82. The number of carbonyl (C=O) groups is 1. The van der Waals surface area contributed by atoms with Gasteiger partial charge in [-0.05, 0) is 12.3 Å². The van der Waals surface area contributed by atoms with E-state index in [0.29, 0.717) is 12.3 Å². The molecule has 2 heterocycles. The minimum absolute atomic E-state index is 0.296. The number of aromatic nitrogens is 2. The summed E-state index contributed by atoms with van der Waals surface area (Å²) >= 11 is 0. The normalized spacial score (nSPS) is 17.0. The highest BCUT2D eigenvalue weighted by Gasteiger charge is 2.28. The van der Waals surface area contributed by atoms with E-state index in [1.165, 1.54) is 5.69 Å². The molecule has 0 atom stereocenters. The van der Waals surface area contributed by atoms with Crippen molar-refractivity contribution in [2.24, 2.45) is 5.92 Å². The van der Waals surface area contributed by atoms with E-state index in [9.17, 15) is 4.79 Å². The fourth-order valence-corrected chi connectivity index (χ4v) is 2.33. The van der Waals surface area contributed by atoms with Crippen molar-refractivity contribution in [3.8, 4) is 0 Å². The van der Waals surface area contributed by atoms with E-state index in [-0.39, 0.29) is 0 Å². The molecule has 1 aliphatic heterocycles. The first-order valence-electron chi connectivity index (χ1n) is 6.12. The van der Waals surface area contributed by atoms with Crippen LogP contribution in [0.3, 0.4) is 0 Å². The van der Waals surface area contributed by atoms with Crippen molar-refractivity contribution in [2.45, 2.75) is 32.9 Å². The first kappa shape index (κ1) is 12.1. The molecule has 0 aliphatic carbocycles. The topological polar surface area (TPSA) is 58.4 Å². The van der Waals surface area contributed by atoms with E-state index in [2.05, 4.69) is 21.4 Å². The quantitative estimate of drug-likeness (QED) is 0.807. The van der Waals surface area contributed by atoms with Gasteiger partial charge >= 0.3 is 5.97 Å². The summed E-state index contributed by atoms with van der Waals surface area (Å²) in [6.07, 6.45) is 5.17. The van der Waals surface area contributed by atoms with Gasteiger partial charge in [-0.25, -0.2) is 4.98 Å². The Balaban J connectivity index is 1.79. The summed E-state index contributed by atoms with van der Waals surface area (Å²) in [5.41, 5.74) is 1.22. The lowest BCUT2D eigenvalue weighted by atomic mass is 9.96. The summed E-state index contributed by atoms with van der Waals surface area (Å²) in [6, 6.07) is 0. The fraction of sp³-hybridized carbons (Fsp3) is 0.667. The standard InChI is InChI=1S/C12H19N3O2/c1-2-3-15-9-13-5-11(15)8-14-6-10(7-14)4-12(16)17/h5,9-10H,2-4,6-8H2,1H3,(H,16,17). The third-order valence-corrected chi connectivity index (χ3v) is 3.14. The Bertz CT molecular complexity index is 383. The van der Waals surface area contributed by atoms with Crippen LogP contribution >= 0.6 is 0 Å². The molecule has 0 radical (unpaired) electrons. The lowest BCUT2D eigenvalue weighted by Gasteiger charge is -2.38. The maximum atomic E-state index is 10.5. The first-order chi connectivity index (χ1) is 8.19. The third-order valence-electron chi connectivity index (χ3n) is 3.14. The Kier molecular flexibility index (Phi) is 3.78. The second-order valence-corrected chi connectivity index (χ2v) is 4.74. The van der Waals surface area contributed by atoms with Gasteiger partial charge in [0.15, 0.2) is 0 Å². The molecule has 0 bridgehead atoms. The first-order valence-corrected chi connectivity index (χ1v) is 6.12. The SMILES string of the molecule is CCCn1cncc1CN1CC(CC(=O)O)C1. The lowest BCUT2D eigenvalue weighted by molar-refractivity contribution is -0.139. The van der Waals surface area contributed by atoms with E-state index in [4.69, 9.17) is 5.11 Å². The van der Waals surface area contributed by atoms with Crippen LogP contribution in [-0.4, -0.2) is 38.6 Å². The van der Waals surface area contributed by atoms with Gasteiger partial charge in [-0.2, -0.15) is 0 Å². The summed E-state index contributed by atoms with van der Waals surface area (Å²) in [7, 11) is 0. The monoisotopic (exact) mass is 237 g/mol. The molecule has 94 valence electrons. The average Bonchev–Trinajstić information content (AvgIpc) is 2.62. The van der Waals surface area contributed by atoms with Gasteiger partial charge < -0.3 is 9.67 Å². The van der Waals surface area contributed by atoms with Gasteiger partial charge in [0.2, 0.25) is 0 Å². The van der Waals surface area contributed by atoms with Crippen molar-refractivity contribution in [1.82, 2.24) is 14.5 Å². The average molecular weight is 237 g/mol. The van der Waals surface area contributed by atoms with Crippen LogP contribution in [0.15, 0.2) is 12.5 Å². The second kappa shape index (κ2) is 5.31. The number of likely N-dealkylation sites (tertiary alicyclic amines) is 1. The summed E-state index contributed by atoms with van der Waals surface area (Å²) < 4.78 is 2.17. The van der Waals surface area contributed by atoms with Crippen molar-refractivity contribution in [3.63, 3.8) is 0 Å². The Morgan fingerprint density at radius 1 is 1.59 bits per heavy atom. The number of rotatable bonds is 6. The van der Waals surface area contributed by atoms with Gasteiger partial charge in [0, 0.05) is 32.4 Å². The van der Waals surface area contributed by atoms with Crippen LogP contribution in [0.5, 0.6) is 0 Å². The Morgan fingerprint density at radius 3 is 3.00 bits per heavy atom. The van der Waals surface area contributed by atoms with Crippen LogP contribution in [-0.2, 0) is 17.9 Å². The number of carboxylic acid groups (broad SMARTS) is 1. The van der Waals surface area contributed by atoms with Gasteiger partial charge in [-0.1, -0.05) is 6.92 Å². The molecular weight excluding hydrogens is 218 g/mol. The minimum Gasteiger partial charge on any atom is -0.481 e. The summed E-state index contributed by atoms with van der Waals surface area (Å²) in [5, 5.41) is 8.67. The largest absolute Gasteiger partial charge is 0.481 e. The van der Waals surface area contributed by atoms with Crippen molar-refractivity contribution < 1.29 is 9.90 Å². The number of imidazole rings is 1. The van der Waals surface area contributed by atoms with Gasteiger partial charge in [0.25, 0.3) is 0 Å². The highest BCUT2D eigenvalue weighted by Crippen LogP contribution is 2.21. The number of carboxylic acids is 1. The molecule has 0 spiro atoms. The Morgan fingerprint density at radius 2 is 2.35 bits per heavy atom. The van der Waals surface area contributed by atoms with Crippen LogP contribution in [0.1, 0.15) is 25.5 Å². The molecule has 5 nitrogen and oxygen atoms in total. The molecule has 0 unspecified atom stereocenters. The smallest absolute Gasteiger partial charge is 0.303 e. The van der Waals surface area contributed by atoms with E-state index < -0.39 is 5.97 Å². The molecule has 1 saturated heterocycles. The molecule has 17 heavy (non-hydrogen) atoms. The molecule has 1 aromatic heterocycles. The Labute approximate surface area is 101 Å². The molecule has 1 aromatic rings. The number of hydrogen-bond donors (Lipinski definition) is 1. The van der Waals surface area contributed by atoms with Crippen LogP contribution < -0.4 is 0 Å². The van der Waals surface area contributed by atoms with Crippen molar-refractivity contribution in [1.29, 1.82) is 0 Å². The zero-order valence-electron chi connectivity index (χ0n) is 10.2. The molecule has 0 saturated carbocycles. The molecule has 0 aromatic carbocycles. The summed E-state index contributed by atoms with van der Waals surface area (Å²) in [5.74, 6) is -0.360. The molecule has 0 amide bonds. The van der Waals surface area contributed by atoms with Gasteiger partial charge in [-0.15, -0.1) is 0 Å². The predicted octanol–water partition coefficient (Wildman–Crippen LogP) is 1.20. The zero-order valence-corrected chi connectivity index (χ0v) is 10.2. The number of aryl methyl sites for hydroxylation is 1. The van der Waals surface area contributed by atoms with Crippen LogP contribution in [0, 0.1) is 5.92 Å². The molecule has 5 heteroatoms. The number of hydrogen-bond acceptors (Lipinski definition) is 3. The van der Waals surface area contributed by atoms with Gasteiger partial charge in [-0.3, -0.25) is 9.69 Å². The number of aliphatic carboxylic acids is 1. The second-order valence-electron chi connectivity index (χ2n) is 4.74. The number of nitrogens with zero attached hydrogens (tertiary/aromatic N) is 3. The van der Waals surface area contributed by atoms with E-state index in [1.807, 2.05) is 12.5 Å². The maximum Gasteiger partial charge on any atom is 0.303 e. The van der Waals surface area contributed by atoms with Crippen LogP contribution in [0.2, 0.25) is 0 Å². The van der Waals surface area contributed by atoms with Gasteiger partial charge in [0.1, 0.15) is 0 Å². The molecule has 1 N–H and O–H groups in total. The third kappa shape index (κ3) is 3.06. The highest BCUT2D eigenvalue weighted by molar-refractivity contribution is 5.67. The van der Waals surface area contributed by atoms with E-state index in [1.54, 1.807) is 0 Å². The van der Waals surface area contributed by atoms with Crippen LogP contribution in [0.4, 0.5) is 0 Å². The molecule has 2 rings (SSSR count). The zero-order chi connectivity index (χ0) is 12.3. The van der Waals surface area contributed by atoms with Crippen molar-refractivity contribution in [2.75, 3.05) is 13.1 Å². The molecule has 1 fully saturated rings. The summed E-state index contributed by atoms with van der Waals surface area (Å²) in [4.78, 5) is 17.0. The van der Waals surface area contributed by atoms with Crippen molar-refractivity contribution >= 4 is 5.97 Å². The fourth-order valence-electron chi connectivity index (χ4n) is 2.33. The predicted molar refractivity (Wildman–Crippen MR) is 63.5 cm³/mol. The Hall–Kier alpha value is -1.36. The van der Waals surface area contributed by atoms with E-state index in [0.717, 1.165) is 32.6 Å². The van der Waals surface area contributed by atoms with Crippen molar-refractivity contribution in [3.05, 3.63) is 18.2 Å². The minimum atomic E-state index is -0.689. The maximum absolute atomic E-state index is 10.5.